The third-order valence-corrected chi connectivity index (χ3v) is 4.68. The van der Waals surface area contributed by atoms with Gasteiger partial charge in [-0.2, -0.15) is 0 Å². The zero-order valence-corrected chi connectivity index (χ0v) is 15.0. The number of amides is 1. The molecule has 0 atom stereocenters. The standard InChI is InChI=1S/C23H21N3O/c27-23(25-17-18-10-13-24-14-11-18)12-15-26-21-9-5-4-8-20(21)16-22(26)19-6-2-1-3-7-19/h1-11,13-14,16H,12,15,17H2,(H,25,27). The number of para-hydroxylation sites is 1. The molecular weight excluding hydrogens is 334 g/mol. The molecule has 27 heavy (non-hydrogen) atoms. The average Bonchev–Trinajstić information content (AvgIpc) is 3.11. The van der Waals surface area contributed by atoms with E-state index in [0.29, 0.717) is 19.5 Å². The fourth-order valence-corrected chi connectivity index (χ4v) is 3.30. The number of fused-ring (bicyclic) bond motifs is 1. The molecule has 4 aromatic rings. The van der Waals surface area contributed by atoms with Gasteiger partial charge in [0.2, 0.25) is 5.91 Å². The number of rotatable bonds is 6. The van der Waals surface area contributed by atoms with Crippen LogP contribution < -0.4 is 5.32 Å². The lowest BCUT2D eigenvalue weighted by Crippen LogP contribution is -2.24. The molecule has 0 radical (unpaired) electrons. The molecule has 4 rings (SSSR count). The summed E-state index contributed by atoms with van der Waals surface area (Å²) in [6.45, 7) is 1.17. The predicted molar refractivity (Wildman–Crippen MR) is 108 cm³/mol. The Morgan fingerprint density at radius 2 is 1.67 bits per heavy atom. The SMILES string of the molecule is O=C(CCn1c(-c2ccccc2)cc2ccccc21)NCc1ccncc1. The third-order valence-electron chi connectivity index (χ3n) is 4.68. The van der Waals surface area contributed by atoms with E-state index in [0.717, 1.165) is 22.3 Å². The van der Waals surface area contributed by atoms with Crippen molar-refractivity contribution in [3.8, 4) is 11.3 Å². The van der Waals surface area contributed by atoms with E-state index in [1.807, 2.05) is 42.5 Å². The van der Waals surface area contributed by atoms with Crippen LogP contribution in [-0.4, -0.2) is 15.5 Å². The minimum absolute atomic E-state index is 0.0450. The first kappa shape index (κ1) is 17.0. The van der Waals surface area contributed by atoms with Crippen molar-refractivity contribution < 1.29 is 4.79 Å². The van der Waals surface area contributed by atoms with E-state index in [2.05, 4.69) is 45.2 Å². The zero-order valence-electron chi connectivity index (χ0n) is 15.0. The summed E-state index contributed by atoms with van der Waals surface area (Å²) in [5, 5.41) is 4.18. The van der Waals surface area contributed by atoms with Crippen LogP contribution in [0.25, 0.3) is 22.2 Å². The molecule has 2 aromatic carbocycles. The predicted octanol–water partition coefficient (Wildman–Crippen LogP) is 4.41. The van der Waals surface area contributed by atoms with Crippen molar-refractivity contribution in [3.63, 3.8) is 0 Å². The van der Waals surface area contributed by atoms with E-state index >= 15 is 0 Å². The van der Waals surface area contributed by atoms with Gasteiger partial charge in [-0.15, -0.1) is 0 Å². The topological polar surface area (TPSA) is 46.9 Å². The number of aryl methyl sites for hydroxylation is 1. The highest BCUT2D eigenvalue weighted by Gasteiger charge is 2.11. The normalized spacial score (nSPS) is 10.8. The molecule has 0 aliphatic heterocycles. The van der Waals surface area contributed by atoms with Gasteiger partial charge in [0.1, 0.15) is 0 Å². The van der Waals surface area contributed by atoms with Gasteiger partial charge in [0.15, 0.2) is 0 Å². The number of carbonyl (C=O) groups is 1. The van der Waals surface area contributed by atoms with Crippen molar-refractivity contribution in [1.82, 2.24) is 14.9 Å². The maximum Gasteiger partial charge on any atom is 0.222 e. The second-order valence-electron chi connectivity index (χ2n) is 6.49. The van der Waals surface area contributed by atoms with Gasteiger partial charge in [0.25, 0.3) is 0 Å². The molecule has 4 nitrogen and oxygen atoms in total. The first-order valence-electron chi connectivity index (χ1n) is 9.10. The quantitative estimate of drug-likeness (QED) is 0.557. The van der Waals surface area contributed by atoms with Crippen LogP contribution in [0, 0.1) is 0 Å². The summed E-state index contributed by atoms with van der Waals surface area (Å²) in [5.74, 6) is 0.0450. The third kappa shape index (κ3) is 3.90. The lowest BCUT2D eigenvalue weighted by atomic mass is 10.1. The molecule has 4 heteroatoms. The van der Waals surface area contributed by atoms with Crippen LogP contribution in [-0.2, 0) is 17.9 Å². The summed E-state index contributed by atoms with van der Waals surface area (Å²) in [5.41, 5.74) is 4.50. The average molecular weight is 355 g/mol. The van der Waals surface area contributed by atoms with Gasteiger partial charge in [-0.3, -0.25) is 9.78 Å². The Labute approximate surface area is 158 Å². The molecule has 0 spiro atoms. The molecule has 0 saturated carbocycles. The lowest BCUT2D eigenvalue weighted by molar-refractivity contribution is -0.121. The van der Waals surface area contributed by atoms with Gasteiger partial charge < -0.3 is 9.88 Å². The summed E-state index contributed by atoms with van der Waals surface area (Å²) in [7, 11) is 0. The summed E-state index contributed by atoms with van der Waals surface area (Å²) < 4.78 is 2.23. The van der Waals surface area contributed by atoms with E-state index in [-0.39, 0.29) is 5.91 Å². The summed E-state index contributed by atoms with van der Waals surface area (Å²) in [6.07, 6.45) is 3.91. The fourth-order valence-electron chi connectivity index (χ4n) is 3.30. The highest BCUT2D eigenvalue weighted by atomic mass is 16.1. The van der Waals surface area contributed by atoms with Gasteiger partial charge in [-0.25, -0.2) is 0 Å². The van der Waals surface area contributed by atoms with E-state index < -0.39 is 0 Å². The molecule has 0 aliphatic rings. The van der Waals surface area contributed by atoms with Gasteiger partial charge >= 0.3 is 0 Å². The molecule has 0 unspecified atom stereocenters. The van der Waals surface area contributed by atoms with Crippen molar-refractivity contribution in [2.75, 3.05) is 0 Å². The van der Waals surface area contributed by atoms with Crippen molar-refractivity contribution in [1.29, 1.82) is 0 Å². The summed E-state index contributed by atoms with van der Waals surface area (Å²) in [4.78, 5) is 16.3. The van der Waals surface area contributed by atoms with Crippen LogP contribution in [0.4, 0.5) is 0 Å². The molecular formula is C23H21N3O. The Balaban J connectivity index is 1.52. The van der Waals surface area contributed by atoms with Crippen molar-refractivity contribution in [2.45, 2.75) is 19.5 Å². The molecule has 2 aromatic heterocycles. The number of nitrogens with zero attached hydrogens (tertiary/aromatic N) is 2. The van der Waals surface area contributed by atoms with Gasteiger partial charge in [0.05, 0.1) is 0 Å². The molecule has 0 aliphatic carbocycles. The summed E-state index contributed by atoms with van der Waals surface area (Å²) >= 11 is 0. The number of carbonyl (C=O) groups excluding carboxylic acids is 1. The Morgan fingerprint density at radius 1 is 0.926 bits per heavy atom. The first-order chi connectivity index (χ1) is 13.3. The van der Waals surface area contributed by atoms with Crippen molar-refractivity contribution >= 4 is 16.8 Å². The van der Waals surface area contributed by atoms with Crippen LogP contribution in [0.15, 0.2) is 85.2 Å². The summed E-state index contributed by atoms with van der Waals surface area (Å²) in [6, 6.07) is 24.6. The number of nitrogens with one attached hydrogen (secondary N) is 1. The smallest absolute Gasteiger partial charge is 0.222 e. The Bertz CT molecular complexity index is 1040. The number of pyridine rings is 1. The minimum atomic E-state index is 0.0450. The van der Waals surface area contributed by atoms with E-state index in [9.17, 15) is 4.79 Å². The zero-order chi connectivity index (χ0) is 18.5. The first-order valence-corrected chi connectivity index (χ1v) is 9.10. The Kier molecular flexibility index (Phi) is 4.97. The van der Waals surface area contributed by atoms with Gasteiger partial charge in [-0.05, 0) is 35.4 Å². The number of aromatic nitrogens is 2. The highest BCUT2D eigenvalue weighted by molar-refractivity contribution is 5.87. The molecule has 0 fully saturated rings. The molecule has 134 valence electrons. The monoisotopic (exact) mass is 355 g/mol. The minimum Gasteiger partial charge on any atom is -0.352 e. The number of hydrogen-bond acceptors (Lipinski definition) is 2. The fraction of sp³-hybridized carbons (Fsp3) is 0.130. The molecule has 2 heterocycles. The Hall–Kier alpha value is -3.40. The van der Waals surface area contributed by atoms with E-state index in [4.69, 9.17) is 0 Å². The van der Waals surface area contributed by atoms with Crippen LogP contribution >= 0.6 is 0 Å². The highest BCUT2D eigenvalue weighted by Crippen LogP contribution is 2.28. The molecule has 0 bridgehead atoms. The Morgan fingerprint density at radius 3 is 2.48 bits per heavy atom. The van der Waals surface area contributed by atoms with Gasteiger partial charge in [0, 0.05) is 48.5 Å². The van der Waals surface area contributed by atoms with Crippen LogP contribution in [0.1, 0.15) is 12.0 Å². The lowest BCUT2D eigenvalue weighted by Gasteiger charge is -2.11. The molecule has 1 N–H and O–H groups in total. The van der Waals surface area contributed by atoms with Crippen LogP contribution in [0.5, 0.6) is 0 Å². The molecule has 0 saturated heterocycles. The van der Waals surface area contributed by atoms with Crippen molar-refractivity contribution in [3.05, 3.63) is 90.8 Å². The van der Waals surface area contributed by atoms with E-state index in [1.165, 1.54) is 5.39 Å². The van der Waals surface area contributed by atoms with Crippen LogP contribution in [0.3, 0.4) is 0 Å². The largest absolute Gasteiger partial charge is 0.352 e. The maximum atomic E-state index is 12.4. The van der Waals surface area contributed by atoms with Gasteiger partial charge in [-0.1, -0.05) is 48.5 Å². The van der Waals surface area contributed by atoms with Crippen molar-refractivity contribution in [2.24, 2.45) is 0 Å². The van der Waals surface area contributed by atoms with E-state index in [1.54, 1.807) is 12.4 Å². The number of benzene rings is 2. The number of hydrogen-bond donors (Lipinski definition) is 1. The second-order valence-corrected chi connectivity index (χ2v) is 6.49. The van der Waals surface area contributed by atoms with Crippen LogP contribution in [0.2, 0.25) is 0 Å². The second kappa shape index (κ2) is 7.87. The molecule has 1 amide bonds. The maximum absolute atomic E-state index is 12.4.